The third kappa shape index (κ3) is 25.0. The fourth-order valence-electron chi connectivity index (χ4n) is 3.94. The van der Waals surface area contributed by atoms with Crippen LogP contribution in [0.5, 0.6) is 0 Å². The van der Waals surface area contributed by atoms with E-state index in [1.807, 2.05) is 0 Å². The lowest BCUT2D eigenvalue weighted by molar-refractivity contribution is -0.130. The summed E-state index contributed by atoms with van der Waals surface area (Å²) in [6.45, 7) is 4.36. The molecule has 0 aliphatic carbocycles. The Morgan fingerprint density at radius 1 is 0.692 bits per heavy atom. The van der Waals surface area contributed by atoms with E-state index in [9.17, 15) is 28.0 Å². The summed E-state index contributed by atoms with van der Waals surface area (Å²) in [7, 11) is -4.45. The Balaban J connectivity index is 4.41. The van der Waals surface area contributed by atoms with Gasteiger partial charge in [0.1, 0.15) is 6.10 Å². The van der Waals surface area contributed by atoms with Crippen LogP contribution in [0.2, 0.25) is 0 Å². The molecule has 0 aliphatic rings. The summed E-state index contributed by atoms with van der Waals surface area (Å²) in [5.41, 5.74) is 0. The van der Waals surface area contributed by atoms with Gasteiger partial charge in [0.25, 0.3) is 10.1 Å². The van der Waals surface area contributed by atoms with Crippen molar-refractivity contribution in [2.45, 2.75) is 135 Å². The van der Waals surface area contributed by atoms with Crippen LogP contribution in [0.25, 0.3) is 0 Å². The molecule has 0 heterocycles. The summed E-state index contributed by atoms with van der Waals surface area (Å²) in [4.78, 5) is 12.4. The van der Waals surface area contributed by atoms with E-state index >= 15 is 0 Å². The zero-order chi connectivity index (χ0) is 29.2. The average Bonchev–Trinajstić information content (AvgIpc) is 2.88. The minimum Gasteiger partial charge on any atom is -0.387 e. The molecule has 0 fully saturated rings. The molecule has 39 heavy (non-hydrogen) atoms. The van der Waals surface area contributed by atoms with Crippen molar-refractivity contribution in [1.29, 1.82) is 0 Å². The number of hydrogen-bond acceptors (Lipinski definition) is 5. The van der Waals surface area contributed by atoms with Gasteiger partial charge in [0.15, 0.2) is 0 Å². The van der Waals surface area contributed by atoms with E-state index in [2.05, 4.69) is 55.6 Å². The van der Waals surface area contributed by atoms with Gasteiger partial charge in [0.2, 0.25) is 5.91 Å². The molecule has 4 N–H and O–H groups in total. The molecule has 0 aromatic rings. The molecule has 0 aromatic heterocycles. The molecule has 0 radical (unpaired) electrons. The molecular weight excluding hydrogens is 514 g/mol. The number of allylic oxidation sites excluding steroid dienone is 7. The molecule has 226 valence electrons. The van der Waals surface area contributed by atoms with Crippen molar-refractivity contribution in [2.24, 2.45) is 0 Å². The first-order chi connectivity index (χ1) is 18.7. The lowest BCUT2D eigenvalue weighted by Crippen LogP contribution is -2.50. The molecule has 1 amide bonds. The Kier molecular flexibility index (Phi) is 24.1. The molecule has 3 unspecified atom stereocenters. The monoisotopic (exact) mass is 569 g/mol. The Hall–Kier alpha value is -1.74. The predicted octanol–water partition coefficient (Wildman–Crippen LogP) is 6.59. The van der Waals surface area contributed by atoms with E-state index in [0.717, 1.165) is 51.4 Å². The van der Waals surface area contributed by atoms with Crippen molar-refractivity contribution in [3.63, 3.8) is 0 Å². The van der Waals surface area contributed by atoms with E-state index in [1.165, 1.54) is 38.2 Å². The highest BCUT2D eigenvalue weighted by atomic mass is 32.2. The summed E-state index contributed by atoms with van der Waals surface area (Å²) >= 11 is 0. The molecule has 0 aromatic carbocycles. The Labute approximate surface area is 238 Å². The summed E-state index contributed by atoms with van der Waals surface area (Å²) < 4.78 is 32.1. The first kappa shape index (κ1) is 37.3. The summed E-state index contributed by atoms with van der Waals surface area (Å²) in [5.74, 6) is -1.59. The molecule has 0 saturated carbocycles. The summed E-state index contributed by atoms with van der Waals surface area (Å²) in [6.07, 6.45) is 29.0. The number of aliphatic hydroxyl groups excluding tert-OH is 2. The molecule has 0 spiro atoms. The van der Waals surface area contributed by atoms with Crippen molar-refractivity contribution in [3.05, 3.63) is 48.6 Å². The minimum atomic E-state index is -4.45. The number of carbonyl (C=O) groups excluding carboxylic acids is 1. The quantitative estimate of drug-likeness (QED) is 0.0559. The second-order valence-electron chi connectivity index (χ2n) is 10.1. The number of carbonyl (C=O) groups is 1. The highest BCUT2D eigenvalue weighted by molar-refractivity contribution is 7.85. The number of unbranched alkanes of at least 4 members (excludes halogenated alkanes) is 10. The second kappa shape index (κ2) is 25.2. The number of aliphatic hydroxyl groups is 2. The van der Waals surface area contributed by atoms with E-state index in [0.29, 0.717) is 12.8 Å². The van der Waals surface area contributed by atoms with Gasteiger partial charge >= 0.3 is 0 Å². The van der Waals surface area contributed by atoms with Crippen LogP contribution in [0.1, 0.15) is 117 Å². The first-order valence-electron chi connectivity index (χ1n) is 14.9. The van der Waals surface area contributed by atoms with E-state index in [4.69, 9.17) is 0 Å². The smallest absolute Gasteiger partial charge is 0.267 e. The molecule has 0 aliphatic heterocycles. The minimum absolute atomic E-state index is 0.247. The molecule has 0 saturated heterocycles. The van der Waals surface area contributed by atoms with Gasteiger partial charge in [-0.2, -0.15) is 8.42 Å². The lowest BCUT2D eigenvalue weighted by Gasteiger charge is -2.22. The Morgan fingerprint density at radius 3 is 1.72 bits per heavy atom. The van der Waals surface area contributed by atoms with E-state index in [-0.39, 0.29) is 6.42 Å². The zero-order valence-electron chi connectivity index (χ0n) is 24.3. The topological polar surface area (TPSA) is 124 Å². The summed E-state index contributed by atoms with van der Waals surface area (Å²) in [5, 5.41) is 23.0. The fourth-order valence-corrected chi connectivity index (χ4v) is 4.67. The standard InChI is InChI=1S/C31H55NO6S/c1-3-5-7-9-11-13-14-15-16-18-19-21-23-25-29(33)28(27-39(36,37)38)32-31(35)30(34)26-24-22-20-17-12-10-8-6-4-2/h10-13,16,18,23,25,28-30,33-34H,3-9,14-15,17,19-22,24,26-27H2,1-2H3,(H,32,35)(H,36,37,38)/b12-10-,13-11+,18-16+,25-23+. The normalized spacial score (nSPS) is 15.1. The molecule has 0 bridgehead atoms. The highest BCUT2D eigenvalue weighted by Crippen LogP contribution is 2.09. The first-order valence-corrected chi connectivity index (χ1v) is 16.6. The molecular formula is C31H55NO6S. The van der Waals surface area contributed by atoms with Crippen LogP contribution >= 0.6 is 0 Å². The van der Waals surface area contributed by atoms with Gasteiger partial charge in [-0.15, -0.1) is 0 Å². The molecule has 7 nitrogen and oxygen atoms in total. The van der Waals surface area contributed by atoms with Crippen molar-refractivity contribution in [2.75, 3.05) is 5.75 Å². The second-order valence-corrected chi connectivity index (χ2v) is 11.6. The fraction of sp³-hybridized carbons (Fsp3) is 0.710. The van der Waals surface area contributed by atoms with Gasteiger partial charge in [-0.1, -0.05) is 101 Å². The third-order valence-corrected chi connectivity index (χ3v) is 7.09. The lowest BCUT2D eigenvalue weighted by atomic mass is 10.1. The van der Waals surface area contributed by atoms with Crippen LogP contribution in [0, 0.1) is 0 Å². The molecule has 8 heteroatoms. The van der Waals surface area contributed by atoms with E-state index in [1.54, 1.807) is 6.08 Å². The van der Waals surface area contributed by atoms with Gasteiger partial charge in [0.05, 0.1) is 17.9 Å². The number of hydrogen-bond donors (Lipinski definition) is 4. The Bertz CT molecular complexity index is 819. The van der Waals surface area contributed by atoms with Gasteiger partial charge in [-0.3, -0.25) is 9.35 Å². The van der Waals surface area contributed by atoms with Crippen LogP contribution in [-0.4, -0.2) is 53.1 Å². The van der Waals surface area contributed by atoms with Crippen molar-refractivity contribution in [3.8, 4) is 0 Å². The molecule has 3 atom stereocenters. The van der Waals surface area contributed by atoms with Crippen molar-refractivity contribution >= 4 is 16.0 Å². The maximum absolute atomic E-state index is 12.4. The van der Waals surface area contributed by atoms with Crippen LogP contribution < -0.4 is 5.32 Å². The largest absolute Gasteiger partial charge is 0.387 e. The van der Waals surface area contributed by atoms with Crippen molar-refractivity contribution < 1.29 is 28.0 Å². The van der Waals surface area contributed by atoms with Gasteiger partial charge < -0.3 is 15.5 Å². The number of rotatable bonds is 25. The number of nitrogens with one attached hydrogen (secondary N) is 1. The summed E-state index contributed by atoms with van der Waals surface area (Å²) in [6, 6.07) is -1.26. The zero-order valence-corrected chi connectivity index (χ0v) is 25.2. The van der Waals surface area contributed by atoms with Crippen molar-refractivity contribution in [1.82, 2.24) is 5.32 Å². The van der Waals surface area contributed by atoms with Crippen LogP contribution in [0.15, 0.2) is 48.6 Å². The molecule has 0 rings (SSSR count). The van der Waals surface area contributed by atoms with Gasteiger partial charge in [-0.25, -0.2) is 0 Å². The van der Waals surface area contributed by atoms with Crippen LogP contribution in [-0.2, 0) is 14.9 Å². The van der Waals surface area contributed by atoms with Crippen LogP contribution in [0.3, 0.4) is 0 Å². The van der Waals surface area contributed by atoms with Crippen LogP contribution in [0.4, 0.5) is 0 Å². The number of amides is 1. The maximum atomic E-state index is 12.4. The Morgan fingerprint density at radius 2 is 1.18 bits per heavy atom. The van der Waals surface area contributed by atoms with Gasteiger partial charge in [0, 0.05) is 0 Å². The van der Waals surface area contributed by atoms with E-state index < -0.39 is 40.0 Å². The predicted molar refractivity (Wildman–Crippen MR) is 162 cm³/mol. The maximum Gasteiger partial charge on any atom is 0.267 e. The average molecular weight is 570 g/mol. The van der Waals surface area contributed by atoms with Gasteiger partial charge in [-0.05, 0) is 64.2 Å². The highest BCUT2D eigenvalue weighted by Gasteiger charge is 2.27. The SMILES string of the molecule is CCCC/C=C\CCCCCC(O)C(=O)NC(CS(=O)(=O)O)C(O)/C=C/CC/C=C/CC/C=C/CCCCC. The third-order valence-electron chi connectivity index (χ3n) is 6.31.